The molecule has 0 aliphatic rings. The fourth-order valence-corrected chi connectivity index (χ4v) is 2.11. The molecule has 19 heavy (non-hydrogen) atoms. The molecule has 0 atom stereocenters. The van der Waals surface area contributed by atoms with Gasteiger partial charge >= 0.3 is 0 Å². The molecule has 0 amide bonds. The molecule has 0 aliphatic heterocycles. The molecule has 100 valence electrons. The van der Waals surface area contributed by atoms with E-state index in [1.165, 1.54) is 18.4 Å². The summed E-state index contributed by atoms with van der Waals surface area (Å²) in [4.78, 5) is 0. The number of unbranched alkanes of at least 4 members (excludes halogenated alkanes) is 1. The molecule has 0 saturated carbocycles. The Morgan fingerprint density at radius 3 is 2.42 bits per heavy atom. The van der Waals surface area contributed by atoms with Gasteiger partial charge in [0.15, 0.2) is 0 Å². The van der Waals surface area contributed by atoms with E-state index in [-0.39, 0.29) is 0 Å². The number of nitrogens with one attached hydrogen (secondary N) is 1. The Morgan fingerprint density at radius 1 is 1.00 bits per heavy atom. The van der Waals surface area contributed by atoms with Crippen LogP contribution in [-0.4, -0.2) is 0 Å². The number of aryl methyl sites for hydroxylation is 1. The molecule has 2 aromatic rings. The van der Waals surface area contributed by atoms with Crippen LogP contribution in [-0.2, 0) is 13.0 Å². The van der Waals surface area contributed by atoms with Gasteiger partial charge in [0.2, 0.25) is 0 Å². The Balaban J connectivity index is 2.06. The second kappa shape index (κ2) is 6.95. The van der Waals surface area contributed by atoms with E-state index in [0.717, 1.165) is 23.4 Å². The number of hydrogen-bond acceptors (Lipinski definition) is 2. The van der Waals surface area contributed by atoms with Gasteiger partial charge in [0, 0.05) is 17.9 Å². The standard InChI is InChI=1S/C17H22N2/c1-2-3-6-14-9-11-16(12-10-14)19-17-8-5-4-7-15(17)13-18/h4-5,7-12,19H,2-3,6,13,18H2,1H3. The third-order valence-electron chi connectivity index (χ3n) is 3.29. The first-order chi connectivity index (χ1) is 9.33. The van der Waals surface area contributed by atoms with Crippen molar-refractivity contribution < 1.29 is 0 Å². The van der Waals surface area contributed by atoms with Crippen molar-refractivity contribution in [2.24, 2.45) is 5.73 Å². The average molecular weight is 254 g/mol. The third-order valence-corrected chi connectivity index (χ3v) is 3.29. The zero-order valence-electron chi connectivity index (χ0n) is 11.5. The molecular formula is C17H22N2. The van der Waals surface area contributed by atoms with Crippen LogP contribution >= 0.6 is 0 Å². The fraction of sp³-hybridized carbons (Fsp3) is 0.294. The summed E-state index contributed by atoms with van der Waals surface area (Å²) in [6.07, 6.45) is 3.66. The summed E-state index contributed by atoms with van der Waals surface area (Å²) in [5.41, 5.74) is 10.5. The van der Waals surface area contributed by atoms with Crippen molar-refractivity contribution in [3.8, 4) is 0 Å². The second-order valence-electron chi connectivity index (χ2n) is 4.79. The zero-order chi connectivity index (χ0) is 13.5. The van der Waals surface area contributed by atoms with E-state index in [9.17, 15) is 0 Å². The lowest BCUT2D eigenvalue weighted by molar-refractivity contribution is 0.795. The van der Waals surface area contributed by atoms with Gasteiger partial charge in [-0.15, -0.1) is 0 Å². The van der Waals surface area contributed by atoms with Crippen molar-refractivity contribution in [3.63, 3.8) is 0 Å². The van der Waals surface area contributed by atoms with Crippen molar-refractivity contribution in [2.75, 3.05) is 5.32 Å². The highest BCUT2D eigenvalue weighted by molar-refractivity contribution is 5.63. The minimum absolute atomic E-state index is 0.553. The molecule has 0 unspecified atom stereocenters. The number of nitrogens with two attached hydrogens (primary N) is 1. The van der Waals surface area contributed by atoms with Crippen LogP contribution < -0.4 is 11.1 Å². The van der Waals surface area contributed by atoms with Gasteiger partial charge in [0.25, 0.3) is 0 Å². The normalized spacial score (nSPS) is 10.4. The molecule has 2 nitrogen and oxygen atoms in total. The molecular weight excluding hydrogens is 232 g/mol. The Labute approximate surface area is 115 Å². The van der Waals surface area contributed by atoms with Crippen LogP contribution in [0.15, 0.2) is 48.5 Å². The van der Waals surface area contributed by atoms with Gasteiger partial charge in [-0.3, -0.25) is 0 Å². The van der Waals surface area contributed by atoms with Gasteiger partial charge in [-0.1, -0.05) is 43.7 Å². The Hall–Kier alpha value is -1.80. The maximum Gasteiger partial charge on any atom is 0.0429 e. The molecule has 0 aliphatic carbocycles. The topological polar surface area (TPSA) is 38.0 Å². The quantitative estimate of drug-likeness (QED) is 0.809. The van der Waals surface area contributed by atoms with Gasteiger partial charge in [-0.25, -0.2) is 0 Å². The largest absolute Gasteiger partial charge is 0.355 e. The summed E-state index contributed by atoms with van der Waals surface area (Å²) in [6.45, 7) is 2.78. The minimum Gasteiger partial charge on any atom is -0.355 e. The highest BCUT2D eigenvalue weighted by atomic mass is 14.9. The zero-order valence-corrected chi connectivity index (χ0v) is 11.5. The van der Waals surface area contributed by atoms with Gasteiger partial charge < -0.3 is 11.1 Å². The Bertz CT molecular complexity index is 503. The van der Waals surface area contributed by atoms with E-state index >= 15 is 0 Å². The molecule has 0 heterocycles. The minimum atomic E-state index is 0.553. The lowest BCUT2D eigenvalue weighted by atomic mass is 10.1. The van der Waals surface area contributed by atoms with E-state index in [4.69, 9.17) is 5.73 Å². The molecule has 0 aromatic heterocycles. The van der Waals surface area contributed by atoms with Crippen molar-refractivity contribution in [3.05, 3.63) is 59.7 Å². The predicted molar refractivity (Wildman–Crippen MR) is 82.7 cm³/mol. The molecule has 3 N–H and O–H groups in total. The van der Waals surface area contributed by atoms with E-state index in [0.29, 0.717) is 6.54 Å². The summed E-state index contributed by atoms with van der Waals surface area (Å²) >= 11 is 0. The number of para-hydroxylation sites is 1. The van der Waals surface area contributed by atoms with E-state index in [1.807, 2.05) is 12.1 Å². The maximum atomic E-state index is 5.74. The van der Waals surface area contributed by atoms with Crippen LogP contribution in [0.3, 0.4) is 0 Å². The van der Waals surface area contributed by atoms with Crippen LogP contribution in [0, 0.1) is 0 Å². The summed E-state index contributed by atoms with van der Waals surface area (Å²) in [5, 5.41) is 3.43. The molecule has 2 heteroatoms. The third kappa shape index (κ3) is 3.83. The number of anilines is 2. The maximum absolute atomic E-state index is 5.74. The number of rotatable bonds is 6. The van der Waals surface area contributed by atoms with Gasteiger partial charge in [0.05, 0.1) is 0 Å². The lowest BCUT2D eigenvalue weighted by Crippen LogP contribution is -2.01. The Morgan fingerprint density at radius 2 is 1.74 bits per heavy atom. The van der Waals surface area contributed by atoms with Crippen LogP contribution in [0.5, 0.6) is 0 Å². The smallest absolute Gasteiger partial charge is 0.0429 e. The van der Waals surface area contributed by atoms with E-state index in [1.54, 1.807) is 0 Å². The molecule has 0 saturated heterocycles. The average Bonchev–Trinajstić information content (AvgIpc) is 2.47. The lowest BCUT2D eigenvalue weighted by Gasteiger charge is -2.11. The molecule has 0 bridgehead atoms. The van der Waals surface area contributed by atoms with Crippen molar-refractivity contribution in [1.82, 2.24) is 0 Å². The molecule has 0 spiro atoms. The molecule has 2 rings (SSSR count). The molecule has 0 radical (unpaired) electrons. The van der Waals surface area contributed by atoms with Crippen LogP contribution in [0.25, 0.3) is 0 Å². The SMILES string of the molecule is CCCCc1ccc(Nc2ccccc2CN)cc1. The van der Waals surface area contributed by atoms with Gasteiger partial charge in [0.1, 0.15) is 0 Å². The summed E-state index contributed by atoms with van der Waals surface area (Å²) < 4.78 is 0. The van der Waals surface area contributed by atoms with Crippen LogP contribution in [0.1, 0.15) is 30.9 Å². The highest BCUT2D eigenvalue weighted by Crippen LogP contribution is 2.21. The summed E-state index contributed by atoms with van der Waals surface area (Å²) in [5.74, 6) is 0. The van der Waals surface area contributed by atoms with Crippen molar-refractivity contribution in [2.45, 2.75) is 32.7 Å². The second-order valence-corrected chi connectivity index (χ2v) is 4.79. The van der Waals surface area contributed by atoms with Crippen molar-refractivity contribution in [1.29, 1.82) is 0 Å². The number of benzene rings is 2. The van der Waals surface area contributed by atoms with E-state index in [2.05, 4.69) is 48.6 Å². The summed E-state index contributed by atoms with van der Waals surface area (Å²) in [6, 6.07) is 16.8. The first-order valence-corrected chi connectivity index (χ1v) is 6.97. The monoisotopic (exact) mass is 254 g/mol. The fourth-order valence-electron chi connectivity index (χ4n) is 2.11. The molecule has 0 fully saturated rings. The molecule has 2 aromatic carbocycles. The predicted octanol–water partition coefficient (Wildman–Crippen LogP) is 4.23. The Kier molecular flexibility index (Phi) is 4.99. The summed E-state index contributed by atoms with van der Waals surface area (Å²) in [7, 11) is 0. The van der Waals surface area contributed by atoms with Gasteiger partial charge in [-0.05, 0) is 42.2 Å². The van der Waals surface area contributed by atoms with Gasteiger partial charge in [-0.2, -0.15) is 0 Å². The number of hydrogen-bond donors (Lipinski definition) is 2. The van der Waals surface area contributed by atoms with Crippen molar-refractivity contribution >= 4 is 11.4 Å². The van der Waals surface area contributed by atoms with Crippen LogP contribution in [0.2, 0.25) is 0 Å². The van der Waals surface area contributed by atoms with E-state index < -0.39 is 0 Å². The first-order valence-electron chi connectivity index (χ1n) is 6.97. The van der Waals surface area contributed by atoms with Crippen LogP contribution in [0.4, 0.5) is 11.4 Å². The first kappa shape index (κ1) is 13.6. The highest BCUT2D eigenvalue weighted by Gasteiger charge is 2.00.